The van der Waals surface area contributed by atoms with Crippen LogP contribution in [0.25, 0.3) is 22.2 Å². The SMILES string of the molecule is CCNc1cc2c(cn1)c(-c1ccc(S(C)(=O)=O)cc1)nn2[C@H]1CC[C@@H](Oc2ccc(=O)n(C)n2)CC1. The molecule has 0 amide bonds. The predicted molar refractivity (Wildman–Crippen MR) is 142 cm³/mol. The topological polar surface area (TPSA) is 121 Å². The number of hydrogen-bond donors (Lipinski definition) is 1. The molecule has 194 valence electrons. The van der Waals surface area contributed by atoms with Gasteiger partial charge in [-0.3, -0.25) is 9.48 Å². The third-order valence-corrected chi connectivity index (χ3v) is 7.85. The molecular weight excluding hydrogens is 492 g/mol. The van der Waals surface area contributed by atoms with Gasteiger partial charge in [0.2, 0.25) is 5.88 Å². The third kappa shape index (κ3) is 5.22. The number of rotatable bonds is 7. The van der Waals surface area contributed by atoms with E-state index in [-0.39, 0.29) is 22.6 Å². The van der Waals surface area contributed by atoms with Crippen molar-refractivity contribution in [3.63, 3.8) is 0 Å². The summed E-state index contributed by atoms with van der Waals surface area (Å²) in [6.45, 7) is 2.78. The number of nitrogens with zero attached hydrogens (tertiary/aromatic N) is 5. The molecule has 0 spiro atoms. The number of sulfone groups is 1. The van der Waals surface area contributed by atoms with Crippen molar-refractivity contribution in [2.24, 2.45) is 7.05 Å². The van der Waals surface area contributed by atoms with Crippen LogP contribution in [0.3, 0.4) is 0 Å². The summed E-state index contributed by atoms with van der Waals surface area (Å²) in [4.78, 5) is 16.4. The number of hydrogen-bond acceptors (Lipinski definition) is 8. The quantitative estimate of drug-likeness (QED) is 0.391. The van der Waals surface area contributed by atoms with Gasteiger partial charge in [-0.15, -0.1) is 5.10 Å². The van der Waals surface area contributed by atoms with Crippen LogP contribution in [0.15, 0.2) is 58.4 Å². The number of anilines is 1. The Morgan fingerprint density at radius 3 is 2.43 bits per heavy atom. The molecule has 3 heterocycles. The predicted octanol–water partition coefficient (Wildman–Crippen LogP) is 3.59. The van der Waals surface area contributed by atoms with Crippen molar-refractivity contribution in [2.75, 3.05) is 18.1 Å². The van der Waals surface area contributed by atoms with E-state index in [1.165, 1.54) is 17.0 Å². The van der Waals surface area contributed by atoms with Crippen LogP contribution in [0.2, 0.25) is 0 Å². The highest BCUT2D eigenvalue weighted by Gasteiger charge is 2.27. The van der Waals surface area contributed by atoms with Crippen molar-refractivity contribution in [1.29, 1.82) is 0 Å². The summed E-state index contributed by atoms with van der Waals surface area (Å²) in [6, 6.07) is 12.1. The lowest BCUT2D eigenvalue weighted by Gasteiger charge is -2.29. The van der Waals surface area contributed by atoms with E-state index in [0.717, 1.165) is 60.2 Å². The van der Waals surface area contributed by atoms with Crippen LogP contribution < -0.4 is 15.6 Å². The number of nitrogens with one attached hydrogen (secondary N) is 1. The maximum absolute atomic E-state index is 11.9. The minimum Gasteiger partial charge on any atom is -0.473 e. The van der Waals surface area contributed by atoms with Crippen molar-refractivity contribution in [2.45, 2.75) is 49.6 Å². The summed E-state index contributed by atoms with van der Waals surface area (Å²) in [7, 11) is -1.67. The fourth-order valence-electron chi connectivity index (χ4n) is 4.78. The average Bonchev–Trinajstić information content (AvgIpc) is 3.25. The van der Waals surface area contributed by atoms with E-state index in [9.17, 15) is 13.2 Å². The zero-order valence-electron chi connectivity index (χ0n) is 21.1. The summed E-state index contributed by atoms with van der Waals surface area (Å²) in [5.74, 6) is 1.24. The highest BCUT2D eigenvalue weighted by Crippen LogP contribution is 2.36. The Bertz CT molecular complexity index is 1590. The first-order chi connectivity index (χ1) is 17.7. The molecule has 4 aromatic rings. The summed E-state index contributed by atoms with van der Waals surface area (Å²) in [5, 5.41) is 13.4. The van der Waals surface area contributed by atoms with Crippen LogP contribution in [-0.4, -0.2) is 51.9 Å². The van der Waals surface area contributed by atoms with Gasteiger partial charge < -0.3 is 10.1 Å². The maximum atomic E-state index is 11.9. The molecular formula is C26H30N6O4S. The normalized spacial score (nSPS) is 18.1. The van der Waals surface area contributed by atoms with Gasteiger partial charge in [-0.05, 0) is 44.7 Å². The van der Waals surface area contributed by atoms with E-state index < -0.39 is 9.84 Å². The van der Waals surface area contributed by atoms with Gasteiger partial charge in [0.05, 0.1) is 16.5 Å². The van der Waals surface area contributed by atoms with Crippen LogP contribution in [0.1, 0.15) is 38.6 Å². The Hall–Kier alpha value is -3.73. The van der Waals surface area contributed by atoms with Crippen LogP contribution in [0, 0.1) is 0 Å². The van der Waals surface area contributed by atoms with Gasteiger partial charge in [-0.25, -0.2) is 18.1 Å². The van der Waals surface area contributed by atoms with Crippen LogP contribution in [-0.2, 0) is 16.9 Å². The summed E-state index contributed by atoms with van der Waals surface area (Å²) in [5.41, 5.74) is 2.43. The van der Waals surface area contributed by atoms with Crippen LogP contribution in [0.4, 0.5) is 5.82 Å². The standard InChI is InChI=1S/C26H30N6O4S/c1-4-27-23-15-22-21(16-28-23)26(17-5-11-20(12-6-17)37(3,34)35)30-32(22)18-7-9-19(10-8-18)36-24-13-14-25(33)31(2)29-24/h5-6,11-16,18-19H,4,7-10H2,1-3H3,(H,27,28)/t18-,19+. The minimum atomic E-state index is -3.28. The van der Waals surface area contributed by atoms with Gasteiger partial charge in [0.15, 0.2) is 9.84 Å². The van der Waals surface area contributed by atoms with Crippen LogP contribution >= 0.6 is 0 Å². The smallest absolute Gasteiger partial charge is 0.266 e. The first kappa shape index (κ1) is 24.9. The Morgan fingerprint density at radius 1 is 1.05 bits per heavy atom. The number of aromatic nitrogens is 5. The second-order valence-electron chi connectivity index (χ2n) is 9.39. The number of fused-ring (bicyclic) bond motifs is 1. The molecule has 11 heteroatoms. The molecule has 0 bridgehead atoms. The molecule has 37 heavy (non-hydrogen) atoms. The lowest BCUT2D eigenvalue weighted by Crippen LogP contribution is -2.27. The van der Waals surface area contributed by atoms with Gasteiger partial charge in [0, 0.05) is 55.2 Å². The van der Waals surface area contributed by atoms with E-state index in [1.54, 1.807) is 37.4 Å². The number of benzene rings is 1. The molecule has 0 radical (unpaired) electrons. The highest BCUT2D eigenvalue weighted by atomic mass is 32.2. The monoisotopic (exact) mass is 522 g/mol. The third-order valence-electron chi connectivity index (χ3n) is 6.72. The van der Waals surface area contributed by atoms with Gasteiger partial charge in [0.25, 0.3) is 5.56 Å². The maximum Gasteiger partial charge on any atom is 0.266 e. The van der Waals surface area contributed by atoms with Crippen molar-refractivity contribution >= 4 is 26.6 Å². The molecule has 1 aliphatic rings. The first-order valence-corrected chi connectivity index (χ1v) is 14.3. The van der Waals surface area contributed by atoms with E-state index in [4.69, 9.17) is 9.84 Å². The molecule has 5 rings (SSSR count). The molecule has 1 saturated carbocycles. The molecule has 1 fully saturated rings. The summed E-state index contributed by atoms with van der Waals surface area (Å²) < 4.78 is 33.2. The fraction of sp³-hybridized carbons (Fsp3) is 0.385. The molecule has 0 unspecified atom stereocenters. The molecule has 3 aromatic heterocycles. The summed E-state index contributed by atoms with van der Waals surface area (Å²) in [6.07, 6.45) is 6.46. The van der Waals surface area contributed by atoms with Gasteiger partial charge in [-0.1, -0.05) is 12.1 Å². The van der Waals surface area contributed by atoms with E-state index in [0.29, 0.717) is 5.88 Å². The Balaban J connectivity index is 1.43. The number of ether oxygens (including phenoxy) is 1. The second kappa shape index (κ2) is 9.97. The average molecular weight is 523 g/mol. The van der Waals surface area contributed by atoms with E-state index in [1.807, 2.05) is 19.2 Å². The van der Waals surface area contributed by atoms with Gasteiger partial charge >= 0.3 is 0 Å². The summed E-state index contributed by atoms with van der Waals surface area (Å²) >= 11 is 0. The lowest BCUT2D eigenvalue weighted by atomic mass is 9.93. The minimum absolute atomic E-state index is 0.0186. The molecule has 10 nitrogen and oxygen atoms in total. The van der Waals surface area contributed by atoms with Gasteiger partial charge in [0.1, 0.15) is 17.6 Å². The Kier molecular flexibility index (Phi) is 6.72. The Morgan fingerprint density at radius 2 is 1.78 bits per heavy atom. The Labute approximate surface area is 215 Å². The largest absolute Gasteiger partial charge is 0.473 e. The number of aryl methyl sites for hydroxylation is 1. The van der Waals surface area contributed by atoms with Gasteiger partial charge in [-0.2, -0.15) is 5.10 Å². The fourth-order valence-corrected chi connectivity index (χ4v) is 5.41. The molecule has 1 aromatic carbocycles. The van der Waals surface area contributed by atoms with Crippen LogP contribution in [0.5, 0.6) is 5.88 Å². The highest BCUT2D eigenvalue weighted by molar-refractivity contribution is 7.90. The van der Waals surface area contributed by atoms with Crippen molar-refractivity contribution in [1.82, 2.24) is 24.5 Å². The van der Waals surface area contributed by atoms with E-state index in [2.05, 4.69) is 20.1 Å². The second-order valence-corrected chi connectivity index (χ2v) is 11.4. The zero-order valence-corrected chi connectivity index (χ0v) is 21.9. The van der Waals surface area contributed by atoms with Crippen molar-refractivity contribution in [3.8, 4) is 17.1 Å². The van der Waals surface area contributed by atoms with E-state index >= 15 is 0 Å². The number of pyridine rings is 1. The first-order valence-electron chi connectivity index (χ1n) is 12.4. The van der Waals surface area contributed by atoms with Crippen molar-refractivity contribution in [3.05, 3.63) is 59.0 Å². The lowest BCUT2D eigenvalue weighted by molar-refractivity contribution is 0.123. The molecule has 0 aliphatic heterocycles. The molecule has 1 aliphatic carbocycles. The zero-order chi connectivity index (χ0) is 26.2. The molecule has 0 atom stereocenters. The van der Waals surface area contributed by atoms with Crippen molar-refractivity contribution < 1.29 is 13.2 Å². The molecule has 0 saturated heterocycles. The molecule has 1 N–H and O–H groups in total.